The van der Waals surface area contributed by atoms with Crippen molar-refractivity contribution in [1.29, 1.82) is 0 Å². The zero-order valence-corrected chi connectivity index (χ0v) is 15.3. The summed E-state index contributed by atoms with van der Waals surface area (Å²) in [5, 5.41) is 0. The molecule has 0 radical (unpaired) electrons. The molecule has 0 unspecified atom stereocenters. The summed E-state index contributed by atoms with van der Waals surface area (Å²) in [6.07, 6.45) is 0. The highest BCUT2D eigenvalue weighted by molar-refractivity contribution is 6.99. The fraction of sp³-hybridized carbons (Fsp3) is 0.211. The topological polar surface area (TPSA) is 55.3 Å². The van der Waals surface area contributed by atoms with Crippen molar-refractivity contribution in [2.45, 2.75) is 20.1 Å². The van der Waals surface area contributed by atoms with E-state index in [1.54, 1.807) is 48.3 Å². The first-order valence-electron chi connectivity index (χ1n) is 8.04. The molecule has 0 saturated carbocycles. The van der Waals surface area contributed by atoms with Gasteiger partial charge in [-0.2, -0.15) is 8.75 Å². The van der Waals surface area contributed by atoms with E-state index < -0.39 is 0 Å². The van der Waals surface area contributed by atoms with Crippen LogP contribution in [0, 0.1) is 12.7 Å². The number of ether oxygens (including phenoxy) is 1. The van der Waals surface area contributed by atoms with Gasteiger partial charge in [0.05, 0.1) is 17.4 Å². The van der Waals surface area contributed by atoms with Crippen LogP contribution in [0.2, 0.25) is 0 Å². The molecule has 7 heteroatoms. The van der Waals surface area contributed by atoms with Gasteiger partial charge in [0, 0.05) is 19.2 Å². The molecule has 3 rings (SSSR count). The van der Waals surface area contributed by atoms with Crippen molar-refractivity contribution >= 4 is 17.6 Å². The van der Waals surface area contributed by atoms with E-state index in [0.29, 0.717) is 24.5 Å². The first-order valence-corrected chi connectivity index (χ1v) is 8.77. The van der Waals surface area contributed by atoms with Crippen LogP contribution in [-0.4, -0.2) is 26.6 Å². The third kappa shape index (κ3) is 4.43. The highest BCUT2D eigenvalue weighted by Crippen LogP contribution is 2.18. The van der Waals surface area contributed by atoms with E-state index >= 15 is 0 Å². The van der Waals surface area contributed by atoms with Gasteiger partial charge in [-0.3, -0.25) is 4.79 Å². The maximum atomic E-state index is 13.0. The van der Waals surface area contributed by atoms with E-state index in [9.17, 15) is 9.18 Å². The molecule has 0 saturated heterocycles. The van der Waals surface area contributed by atoms with E-state index in [-0.39, 0.29) is 11.7 Å². The van der Waals surface area contributed by atoms with Gasteiger partial charge >= 0.3 is 0 Å². The van der Waals surface area contributed by atoms with Crippen LogP contribution in [0.15, 0.2) is 48.5 Å². The summed E-state index contributed by atoms with van der Waals surface area (Å²) in [7, 11) is 1.71. The first-order chi connectivity index (χ1) is 12.5. The molecule has 3 aromatic rings. The number of carbonyl (C=O) groups is 1. The number of benzene rings is 2. The van der Waals surface area contributed by atoms with Crippen LogP contribution in [0.5, 0.6) is 5.75 Å². The molecule has 26 heavy (non-hydrogen) atoms. The van der Waals surface area contributed by atoms with Crippen LogP contribution >= 0.6 is 11.7 Å². The SMILES string of the molecule is Cc1nsnc1COc1cccc(C(=O)N(C)Cc2ccc(F)cc2)c1. The number of amides is 1. The van der Waals surface area contributed by atoms with Gasteiger partial charge in [-0.05, 0) is 42.8 Å². The quantitative estimate of drug-likeness (QED) is 0.661. The molecular formula is C19H18FN3O2S. The Labute approximate surface area is 155 Å². The van der Waals surface area contributed by atoms with Crippen molar-refractivity contribution in [2.75, 3.05) is 7.05 Å². The smallest absolute Gasteiger partial charge is 0.254 e. The van der Waals surface area contributed by atoms with E-state index in [0.717, 1.165) is 28.7 Å². The minimum atomic E-state index is -0.293. The maximum absolute atomic E-state index is 13.0. The standard InChI is InChI=1S/C19H18FN3O2S/c1-13-18(22-26-21-13)12-25-17-5-3-4-15(10-17)19(24)23(2)11-14-6-8-16(20)9-7-14/h3-10H,11-12H2,1-2H3. The number of hydrogen-bond acceptors (Lipinski definition) is 5. The van der Waals surface area contributed by atoms with Crippen LogP contribution in [0.4, 0.5) is 4.39 Å². The van der Waals surface area contributed by atoms with Crippen LogP contribution in [0.25, 0.3) is 0 Å². The summed E-state index contributed by atoms with van der Waals surface area (Å²) >= 11 is 1.15. The second-order valence-electron chi connectivity index (χ2n) is 5.90. The predicted molar refractivity (Wildman–Crippen MR) is 97.6 cm³/mol. The highest BCUT2D eigenvalue weighted by Gasteiger charge is 2.13. The molecule has 134 valence electrons. The Morgan fingerprint density at radius 2 is 1.96 bits per heavy atom. The highest BCUT2D eigenvalue weighted by atomic mass is 32.1. The monoisotopic (exact) mass is 371 g/mol. The molecule has 1 amide bonds. The zero-order valence-electron chi connectivity index (χ0n) is 14.5. The largest absolute Gasteiger partial charge is 0.487 e. The number of nitrogens with zero attached hydrogens (tertiary/aromatic N) is 3. The Morgan fingerprint density at radius 3 is 2.65 bits per heavy atom. The molecule has 0 aliphatic carbocycles. The Balaban J connectivity index is 1.65. The average molecular weight is 371 g/mol. The first kappa shape index (κ1) is 18.0. The Morgan fingerprint density at radius 1 is 1.19 bits per heavy atom. The molecule has 1 aromatic heterocycles. The van der Waals surface area contributed by atoms with E-state index in [4.69, 9.17) is 4.74 Å². The fourth-order valence-corrected chi connectivity index (χ4v) is 2.96. The number of halogens is 1. The molecule has 2 aromatic carbocycles. The summed E-state index contributed by atoms with van der Waals surface area (Å²) in [6, 6.07) is 13.1. The van der Waals surface area contributed by atoms with E-state index in [2.05, 4.69) is 8.75 Å². The molecule has 5 nitrogen and oxygen atoms in total. The molecule has 0 spiro atoms. The second-order valence-corrected chi connectivity index (χ2v) is 6.43. The fourth-order valence-electron chi connectivity index (χ4n) is 2.41. The van der Waals surface area contributed by atoms with Crippen molar-refractivity contribution in [3.05, 3.63) is 76.9 Å². The zero-order chi connectivity index (χ0) is 18.5. The van der Waals surface area contributed by atoms with Gasteiger partial charge in [0.1, 0.15) is 23.9 Å². The summed E-state index contributed by atoms with van der Waals surface area (Å²) in [5.74, 6) is 0.169. The summed E-state index contributed by atoms with van der Waals surface area (Å²) in [5.41, 5.74) is 3.03. The van der Waals surface area contributed by atoms with Crippen molar-refractivity contribution in [2.24, 2.45) is 0 Å². The summed E-state index contributed by atoms with van der Waals surface area (Å²) in [6.45, 7) is 2.59. The molecule has 0 aliphatic rings. The summed E-state index contributed by atoms with van der Waals surface area (Å²) < 4.78 is 27.0. The lowest BCUT2D eigenvalue weighted by Gasteiger charge is -2.18. The van der Waals surface area contributed by atoms with E-state index in [1.807, 2.05) is 6.92 Å². The summed E-state index contributed by atoms with van der Waals surface area (Å²) in [4.78, 5) is 14.2. The minimum Gasteiger partial charge on any atom is -0.487 e. The van der Waals surface area contributed by atoms with Crippen molar-refractivity contribution < 1.29 is 13.9 Å². The van der Waals surface area contributed by atoms with Gasteiger partial charge in [-0.1, -0.05) is 18.2 Å². The molecule has 0 N–H and O–H groups in total. The van der Waals surface area contributed by atoms with Crippen LogP contribution < -0.4 is 4.74 Å². The van der Waals surface area contributed by atoms with Crippen molar-refractivity contribution in [1.82, 2.24) is 13.6 Å². The molecule has 1 heterocycles. The average Bonchev–Trinajstić information content (AvgIpc) is 3.06. The van der Waals surface area contributed by atoms with Gasteiger partial charge in [0.15, 0.2) is 0 Å². The van der Waals surface area contributed by atoms with Crippen LogP contribution in [0.1, 0.15) is 27.3 Å². The number of aromatic nitrogens is 2. The molecule has 0 fully saturated rings. The normalized spacial score (nSPS) is 10.6. The molecule has 0 aliphatic heterocycles. The second kappa shape index (κ2) is 8.05. The molecule has 0 atom stereocenters. The number of aryl methyl sites for hydroxylation is 1. The number of hydrogen-bond donors (Lipinski definition) is 0. The lowest BCUT2D eigenvalue weighted by atomic mass is 10.1. The Kier molecular flexibility index (Phi) is 5.58. The number of carbonyl (C=O) groups excluding carboxylic acids is 1. The van der Waals surface area contributed by atoms with Gasteiger partial charge in [0.2, 0.25) is 0 Å². The lowest BCUT2D eigenvalue weighted by molar-refractivity contribution is 0.0784. The van der Waals surface area contributed by atoms with Crippen LogP contribution in [-0.2, 0) is 13.2 Å². The Hall–Kier alpha value is -2.80. The Bertz CT molecular complexity index is 896. The maximum Gasteiger partial charge on any atom is 0.254 e. The third-order valence-corrected chi connectivity index (χ3v) is 4.54. The van der Waals surface area contributed by atoms with Gasteiger partial charge in [0.25, 0.3) is 5.91 Å². The van der Waals surface area contributed by atoms with Gasteiger partial charge < -0.3 is 9.64 Å². The van der Waals surface area contributed by atoms with E-state index in [1.165, 1.54) is 12.1 Å². The minimum absolute atomic E-state index is 0.133. The predicted octanol–water partition coefficient (Wildman–Crippen LogP) is 3.84. The molecule has 0 bridgehead atoms. The van der Waals surface area contributed by atoms with Gasteiger partial charge in [-0.25, -0.2) is 4.39 Å². The van der Waals surface area contributed by atoms with Crippen LogP contribution in [0.3, 0.4) is 0 Å². The molecular weight excluding hydrogens is 353 g/mol. The van der Waals surface area contributed by atoms with Crippen molar-refractivity contribution in [3.63, 3.8) is 0 Å². The van der Waals surface area contributed by atoms with Gasteiger partial charge in [-0.15, -0.1) is 0 Å². The number of rotatable bonds is 6. The van der Waals surface area contributed by atoms with Crippen molar-refractivity contribution in [3.8, 4) is 5.75 Å². The third-order valence-electron chi connectivity index (χ3n) is 3.88. The lowest BCUT2D eigenvalue weighted by Crippen LogP contribution is -2.26.